The quantitative estimate of drug-likeness (QED) is 0.763. The molecular formula is C22H29NO3S. The van der Waals surface area contributed by atoms with Crippen LogP contribution in [-0.4, -0.2) is 19.7 Å². The zero-order valence-corrected chi connectivity index (χ0v) is 17.0. The molecule has 2 aromatic rings. The van der Waals surface area contributed by atoms with Gasteiger partial charge in [-0.05, 0) is 42.5 Å². The van der Waals surface area contributed by atoms with Gasteiger partial charge in [-0.2, -0.15) is 0 Å². The normalized spacial score (nSPS) is 16.5. The first-order valence-electron chi connectivity index (χ1n) is 9.90. The number of hydrogen-bond donors (Lipinski definition) is 1. The summed E-state index contributed by atoms with van der Waals surface area (Å²) in [5, 5.41) is 0. The molecule has 1 saturated carbocycles. The highest BCUT2D eigenvalue weighted by atomic mass is 32.2. The summed E-state index contributed by atoms with van der Waals surface area (Å²) in [4.78, 5) is 15.9. The van der Waals surface area contributed by atoms with Crippen molar-refractivity contribution in [3.05, 3.63) is 63.6 Å². The topological polar surface area (TPSA) is 67.0 Å². The number of aromatic nitrogens is 1. The summed E-state index contributed by atoms with van der Waals surface area (Å²) >= 11 is 0. The Labute approximate surface area is 162 Å². The first-order chi connectivity index (χ1) is 12.9. The molecule has 0 saturated heterocycles. The summed E-state index contributed by atoms with van der Waals surface area (Å²) in [7, 11) is -3.21. The van der Waals surface area contributed by atoms with Crippen LogP contribution >= 0.6 is 0 Å². The minimum absolute atomic E-state index is 0.00136. The second kappa shape index (κ2) is 8.42. The van der Waals surface area contributed by atoms with E-state index in [0.29, 0.717) is 10.8 Å². The fraction of sp³-hybridized carbons (Fsp3) is 0.500. The van der Waals surface area contributed by atoms with E-state index in [1.165, 1.54) is 31.9 Å². The zero-order valence-electron chi connectivity index (χ0n) is 16.2. The fourth-order valence-electron chi connectivity index (χ4n) is 4.16. The second-order valence-electron chi connectivity index (χ2n) is 7.80. The lowest BCUT2D eigenvalue weighted by Crippen LogP contribution is -2.18. The number of hydrogen-bond acceptors (Lipinski definition) is 3. The van der Waals surface area contributed by atoms with E-state index in [4.69, 9.17) is 0 Å². The Morgan fingerprint density at radius 3 is 2.30 bits per heavy atom. The van der Waals surface area contributed by atoms with Gasteiger partial charge in [-0.1, -0.05) is 57.2 Å². The molecule has 1 fully saturated rings. The molecule has 3 rings (SSSR count). The van der Waals surface area contributed by atoms with Crippen LogP contribution < -0.4 is 5.56 Å². The van der Waals surface area contributed by atoms with Gasteiger partial charge >= 0.3 is 0 Å². The van der Waals surface area contributed by atoms with E-state index in [-0.39, 0.29) is 11.5 Å². The minimum Gasteiger partial charge on any atom is -0.325 e. The summed E-state index contributed by atoms with van der Waals surface area (Å²) in [5.41, 5.74) is 2.82. The summed E-state index contributed by atoms with van der Waals surface area (Å²) in [6, 6.07) is 11.1. The number of aromatic amines is 1. The Kier molecular flexibility index (Phi) is 6.20. The van der Waals surface area contributed by atoms with Gasteiger partial charge in [0.25, 0.3) is 5.56 Å². The number of aryl methyl sites for hydroxylation is 1. The molecule has 1 aromatic carbocycles. The van der Waals surface area contributed by atoms with Crippen molar-refractivity contribution >= 4 is 9.84 Å². The average Bonchev–Trinajstić information content (AvgIpc) is 3.14. The molecule has 0 aliphatic heterocycles. The van der Waals surface area contributed by atoms with Gasteiger partial charge in [0.1, 0.15) is 0 Å². The minimum atomic E-state index is -3.21. The SMILES string of the molecule is CCCc1ccc(C(CC2CCCC2)c2ccc(S(C)(=O)=O)cc2)[nH]c1=O. The number of nitrogens with one attached hydrogen (secondary N) is 1. The van der Waals surface area contributed by atoms with Gasteiger partial charge in [-0.25, -0.2) is 8.42 Å². The highest BCUT2D eigenvalue weighted by Crippen LogP contribution is 2.37. The highest BCUT2D eigenvalue weighted by molar-refractivity contribution is 7.90. The highest BCUT2D eigenvalue weighted by Gasteiger charge is 2.24. The van der Waals surface area contributed by atoms with Crippen molar-refractivity contribution in [1.82, 2.24) is 4.98 Å². The van der Waals surface area contributed by atoms with Gasteiger partial charge in [-0.15, -0.1) is 0 Å². The molecular weight excluding hydrogens is 358 g/mol. The number of rotatable bonds is 7. The molecule has 0 spiro atoms. The van der Waals surface area contributed by atoms with Gasteiger partial charge in [0, 0.05) is 23.4 Å². The van der Waals surface area contributed by atoms with Gasteiger partial charge in [0.05, 0.1) is 4.90 Å². The summed E-state index contributed by atoms with van der Waals surface area (Å²) in [6.45, 7) is 2.07. The molecule has 1 atom stereocenters. The van der Waals surface area contributed by atoms with Crippen LogP contribution in [0.25, 0.3) is 0 Å². The van der Waals surface area contributed by atoms with E-state index >= 15 is 0 Å². The smallest absolute Gasteiger partial charge is 0.251 e. The van der Waals surface area contributed by atoms with Crippen LogP contribution in [0.2, 0.25) is 0 Å². The van der Waals surface area contributed by atoms with Crippen LogP contribution in [0, 0.1) is 5.92 Å². The third kappa shape index (κ3) is 4.89. The van der Waals surface area contributed by atoms with Crippen molar-refractivity contribution < 1.29 is 8.42 Å². The molecule has 1 heterocycles. The van der Waals surface area contributed by atoms with Crippen LogP contribution in [0.3, 0.4) is 0 Å². The Hall–Kier alpha value is -1.88. The molecule has 1 unspecified atom stereocenters. The van der Waals surface area contributed by atoms with E-state index in [9.17, 15) is 13.2 Å². The third-order valence-corrected chi connectivity index (χ3v) is 6.79. The van der Waals surface area contributed by atoms with Gasteiger partial charge in [0.15, 0.2) is 9.84 Å². The molecule has 0 radical (unpaired) electrons. The van der Waals surface area contributed by atoms with Crippen LogP contribution in [0.5, 0.6) is 0 Å². The molecule has 27 heavy (non-hydrogen) atoms. The van der Waals surface area contributed by atoms with Crippen molar-refractivity contribution in [2.24, 2.45) is 5.92 Å². The number of benzene rings is 1. The summed E-state index contributed by atoms with van der Waals surface area (Å²) in [6.07, 6.45) is 8.95. The van der Waals surface area contributed by atoms with Gasteiger partial charge in [0.2, 0.25) is 0 Å². The number of sulfone groups is 1. The lowest BCUT2D eigenvalue weighted by molar-refractivity contribution is 0.468. The molecule has 4 nitrogen and oxygen atoms in total. The van der Waals surface area contributed by atoms with E-state index in [0.717, 1.165) is 36.1 Å². The molecule has 0 bridgehead atoms. The largest absolute Gasteiger partial charge is 0.325 e. The predicted octanol–water partition coefficient (Wildman–Crippen LogP) is 4.44. The van der Waals surface area contributed by atoms with E-state index in [2.05, 4.69) is 11.9 Å². The Morgan fingerprint density at radius 2 is 1.74 bits per heavy atom. The molecule has 1 aliphatic rings. The molecule has 146 valence electrons. The van der Waals surface area contributed by atoms with E-state index < -0.39 is 9.84 Å². The van der Waals surface area contributed by atoms with E-state index in [1.807, 2.05) is 24.3 Å². The number of H-pyrrole nitrogens is 1. The van der Waals surface area contributed by atoms with Gasteiger partial charge in [-0.3, -0.25) is 4.79 Å². The first-order valence-corrected chi connectivity index (χ1v) is 11.8. The molecule has 1 N–H and O–H groups in total. The zero-order chi connectivity index (χ0) is 19.4. The average molecular weight is 388 g/mol. The first kappa shape index (κ1) is 19.9. The van der Waals surface area contributed by atoms with Gasteiger partial charge < -0.3 is 4.98 Å². The monoisotopic (exact) mass is 387 g/mol. The molecule has 5 heteroatoms. The lowest BCUT2D eigenvalue weighted by Gasteiger charge is -2.22. The van der Waals surface area contributed by atoms with Crippen LogP contribution in [-0.2, 0) is 16.3 Å². The Bertz CT molecular complexity index is 923. The Balaban J connectivity index is 1.95. The van der Waals surface area contributed by atoms with Crippen molar-refractivity contribution in [2.75, 3.05) is 6.26 Å². The van der Waals surface area contributed by atoms with Crippen LogP contribution in [0.4, 0.5) is 0 Å². The fourth-order valence-corrected chi connectivity index (χ4v) is 4.79. The van der Waals surface area contributed by atoms with Crippen molar-refractivity contribution in [1.29, 1.82) is 0 Å². The third-order valence-electron chi connectivity index (χ3n) is 5.66. The van der Waals surface area contributed by atoms with Crippen molar-refractivity contribution in [2.45, 2.75) is 62.7 Å². The van der Waals surface area contributed by atoms with Crippen LogP contribution in [0.1, 0.15) is 68.2 Å². The maximum Gasteiger partial charge on any atom is 0.251 e. The summed E-state index contributed by atoms with van der Waals surface area (Å²) < 4.78 is 23.5. The lowest BCUT2D eigenvalue weighted by atomic mass is 9.85. The predicted molar refractivity (Wildman–Crippen MR) is 109 cm³/mol. The molecule has 0 amide bonds. The standard InChI is InChI=1S/C22H29NO3S/c1-3-6-18-11-14-21(23-22(18)24)20(15-16-7-4-5-8-16)17-9-12-19(13-10-17)27(2,25)26/h9-14,16,20H,3-8,15H2,1-2H3,(H,23,24). The van der Waals surface area contributed by atoms with E-state index in [1.54, 1.807) is 12.1 Å². The molecule has 1 aliphatic carbocycles. The second-order valence-corrected chi connectivity index (χ2v) is 9.81. The van der Waals surface area contributed by atoms with Crippen molar-refractivity contribution in [3.8, 4) is 0 Å². The van der Waals surface area contributed by atoms with Crippen molar-refractivity contribution in [3.63, 3.8) is 0 Å². The maximum absolute atomic E-state index is 12.5. The number of pyridine rings is 1. The summed E-state index contributed by atoms with van der Waals surface area (Å²) in [5.74, 6) is 0.744. The molecule has 1 aromatic heterocycles. The maximum atomic E-state index is 12.5. The Morgan fingerprint density at radius 1 is 1.07 bits per heavy atom. The van der Waals surface area contributed by atoms with Crippen LogP contribution in [0.15, 0.2) is 46.1 Å².